The molecule has 65 heavy (non-hydrogen) atoms. The van der Waals surface area contributed by atoms with E-state index >= 15 is 0 Å². The standard InChI is InChI=1S/C60H63N4.Pt/c1-56(2,3)40-25-27-41(28-26-40)59(10,11)44-31-32-61-55(38-44)64-51-22-15-14-21-49(51)50-30-29-43(37-54(50)64)60(12,13)42-19-18-20-47(34-42)62-39-63(53-24-17-16-23-52(53)62)48-35-45(57(4,5)6)33-46(36-48)58(7,8)9;/h14-33,35-36,38-39H,1-13H3;/q-3;. The van der Waals surface area contributed by atoms with Gasteiger partial charge in [-0.25, -0.2) is 4.98 Å². The second-order valence-electron chi connectivity index (χ2n) is 22.0. The van der Waals surface area contributed by atoms with E-state index in [0.717, 1.165) is 50.4 Å². The largest absolute Gasteiger partial charge is 0.493 e. The number of anilines is 4. The van der Waals surface area contributed by atoms with E-state index in [2.05, 4.69) is 257 Å². The maximum absolute atomic E-state index is 5.04. The van der Waals surface area contributed by atoms with Crippen molar-refractivity contribution in [1.82, 2.24) is 9.55 Å². The summed E-state index contributed by atoms with van der Waals surface area (Å²) >= 11 is 0. The Balaban J connectivity index is 0.00000576. The molecule has 6 aromatic carbocycles. The smallest absolute Gasteiger partial charge is 0.135 e. The minimum atomic E-state index is -0.427. The van der Waals surface area contributed by atoms with Crippen LogP contribution < -0.4 is 9.80 Å². The van der Waals surface area contributed by atoms with E-state index in [1.807, 2.05) is 6.20 Å². The van der Waals surface area contributed by atoms with Crippen LogP contribution in [0, 0.1) is 18.8 Å². The zero-order valence-corrected chi connectivity index (χ0v) is 42.7. The van der Waals surface area contributed by atoms with Crippen LogP contribution in [0.3, 0.4) is 0 Å². The number of aromatic nitrogens is 2. The van der Waals surface area contributed by atoms with Crippen LogP contribution in [0.2, 0.25) is 0 Å². The first-order valence-electron chi connectivity index (χ1n) is 22.9. The van der Waals surface area contributed by atoms with Crippen molar-refractivity contribution in [3.05, 3.63) is 197 Å². The third kappa shape index (κ3) is 8.37. The van der Waals surface area contributed by atoms with Crippen LogP contribution in [0.4, 0.5) is 22.7 Å². The van der Waals surface area contributed by atoms with Crippen molar-refractivity contribution in [3.8, 4) is 5.82 Å². The number of rotatable bonds is 7. The minimum absolute atomic E-state index is 0. The molecule has 0 N–H and O–H groups in total. The molecule has 2 aromatic heterocycles. The Kier molecular flexibility index (Phi) is 11.7. The van der Waals surface area contributed by atoms with Crippen LogP contribution in [0.5, 0.6) is 0 Å². The van der Waals surface area contributed by atoms with Gasteiger partial charge >= 0.3 is 0 Å². The Morgan fingerprint density at radius 1 is 0.462 bits per heavy atom. The molecule has 3 heterocycles. The van der Waals surface area contributed by atoms with Gasteiger partial charge in [0.1, 0.15) is 5.82 Å². The van der Waals surface area contributed by atoms with Gasteiger partial charge in [-0.2, -0.15) is 53.6 Å². The number of hydrogen-bond donors (Lipinski definition) is 0. The summed E-state index contributed by atoms with van der Waals surface area (Å²) in [5.74, 6) is 0.887. The Hall–Kier alpha value is -5.44. The van der Waals surface area contributed by atoms with E-state index in [-0.39, 0.29) is 42.7 Å². The van der Waals surface area contributed by atoms with E-state index in [1.165, 1.54) is 38.9 Å². The van der Waals surface area contributed by atoms with Gasteiger partial charge in [0.25, 0.3) is 0 Å². The normalized spacial score (nSPS) is 13.7. The second-order valence-corrected chi connectivity index (χ2v) is 22.0. The summed E-state index contributed by atoms with van der Waals surface area (Å²) in [5.41, 5.74) is 14.7. The van der Waals surface area contributed by atoms with Gasteiger partial charge in [0.05, 0.1) is 0 Å². The number of para-hydroxylation sites is 3. The zero-order chi connectivity index (χ0) is 45.6. The maximum Gasteiger partial charge on any atom is 0.135 e. The van der Waals surface area contributed by atoms with Gasteiger partial charge in [-0.05, 0) is 97.3 Å². The number of benzene rings is 6. The molecule has 336 valence electrons. The Bertz CT molecular complexity index is 3010. The number of nitrogens with zero attached hydrogens (tertiary/aromatic N) is 4. The quantitative estimate of drug-likeness (QED) is 0.149. The fraction of sp³-hybridized carbons (Fsp3) is 0.300. The fourth-order valence-electron chi connectivity index (χ4n) is 9.21. The predicted molar refractivity (Wildman–Crippen MR) is 271 cm³/mol. The molecule has 1 aliphatic heterocycles. The molecular formula is C60H63N4Pt-3. The summed E-state index contributed by atoms with van der Waals surface area (Å²) in [4.78, 5) is 9.68. The van der Waals surface area contributed by atoms with Crippen molar-refractivity contribution in [3.63, 3.8) is 0 Å². The Labute approximate surface area is 403 Å². The monoisotopic (exact) mass is 1030 g/mol. The molecule has 0 saturated heterocycles. The molecule has 0 atom stereocenters. The van der Waals surface area contributed by atoms with Gasteiger partial charge in [0.15, 0.2) is 0 Å². The summed E-state index contributed by atoms with van der Waals surface area (Å²) in [6.07, 6.45) is 1.96. The zero-order valence-electron chi connectivity index (χ0n) is 40.5. The molecule has 0 saturated carbocycles. The van der Waals surface area contributed by atoms with E-state index < -0.39 is 5.41 Å². The minimum Gasteiger partial charge on any atom is -0.493 e. The van der Waals surface area contributed by atoms with Gasteiger partial charge in [-0.3, -0.25) is 0 Å². The summed E-state index contributed by atoms with van der Waals surface area (Å²) in [5, 5.41) is 2.34. The molecule has 0 unspecified atom stereocenters. The maximum atomic E-state index is 5.04. The summed E-state index contributed by atoms with van der Waals surface area (Å²) in [6.45, 7) is 32.0. The molecule has 9 rings (SSSR count). The van der Waals surface area contributed by atoms with E-state index in [1.54, 1.807) is 0 Å². The van der Waals surface area contributed by atoms with Crippen LogP contribution >= 0.6 is 0 Å². The first-order chi connectivity index (χ1) is 30.1. The van der Waals surface area contributed by atoms with Crippen LogP contribution in [-0.4, -0.2) is 9.55 Å². The molecule has 0 spiro atoms. The van der Waals surface area contributed by atoms with Gasteiger partial charge in [-0.15, -0.1) is 17.7 Å². The summed E-state index contributed by atoms with van der Waals surface area (Å²) < 4.78 is 2.30. The molecule has 8 aromatic rings. The first-order valence-corrected chi connectivity index (χ1v) is 22.9. The molecule has 4 nitrogen and oxygen atoms in total. The van der Waals surface area contributed by atoms with Gasteiger partial charge in [0.2, 0.25) is 0 Å². The molecule has 0 aliphatic carbocycles. The van der Waals surface area contributed by atoms with Crippen molar-refractivity contribution in [2.24, 2.45) is 0 Å². The molecule has 0 radical (unpaired) electrons. The number of hydrogen-bond acceptors (Lipinski definition) is 3. The molecule has 0 amide bonds. The number of fused-ring (bicyclic) bond motifs is 4. The van der Waals surface area contributed by atoms with Crippen LogP contribution in [0.1, 0.15) is 129 Å². The van der Waals surface area contributed by atoms with E-state index in [9.17, 15) is 0 Å². The first kappa shape index (κ1) is 46.1. The summed E-state index contributed by atoms with van der Waals surface area (Å²) in [7, 11) is 0. The molecule has 1 aliphatic rings. The van der Waals surface area contributed by atoms with Gasteiger partial charge in [0, 0.05) is 55.3 Å². The molecule has 0 fully saturated rings. The average molecular weight is 1040 g/mol. The van der Waals surface area contributed by atoms with Crippen molar-refractivity contribution in [1.29, 1.82) is 0 Å². The molecular weight excluding hydrogens is 972 g/mol. The third-order valence-electron chi connectivity index (χ3n) is 13.7. The van der Waals surface area contributed by atoms with Crippen molar-refractivity contribution in [2.45, 2.75) is 117 Å². The predicted octanol–water partition coefficient (Wildman–Crippen LogP) is 15.7. The second kappa shape index (κ2) is 16.5. The van der Waals surface area contributed by atoms with E-state index in [0.29, 0.717) is 0 Å². The Morgan fingerprint density at radius 2 is 1.05 bits per heavy atom. The van der Waals surface area contributed by atoms with Gasteiger partial charge in [-0.1, -0.05) is 156 Å². The number of pyridine rings is 1. The van der Waals surface area contributed by atoms with Crippen LogP contribution in [0.25, 0.3) is 27.6 Å². The third-order valence-corrected chi connectivity index (χ3v) is 13.7. The molecule has 5 heteroatoms. The molecule has 0 bridgehead atoms. The van der Waals surface area contributed by atoms with Crippen LogP contribution in [0.15, 0.2) is 140 Å². The van der Waals surface area contributed by atoms with Crippen molar-refractivity contribution < 1.29 is 21.1 Å². The van der Waals surface area contributed by atoms with Crippen LogP contribution in [-0.2, 0) is 48.1 Å². The topological polar surface area (TPSA) is 24.3 Å². The average Bonchev–Trinajstić information content (AvgIpc) is 3.82. The van der Waals surface area contributed by atoms with E-state index in [4.69, 9.17) is 4.98 Å². The van der Waals surface area contributed by atoms with Crippen molar-refractivity contribution >= 4 is 44.6 Å². The summed E-state index contributed by atoms with van der Waals surface area (Å²) in [6, 6.07) is 57.0. The van der Waals surface area contributed by atoms with Gasteiger partial charge < -0.3 is 14.4 Å². The fourth-order valence-corrected chi connectivity index (χ4v) is 9.21. The Morgan fingerprint density at radius 3 is 1.69 bits per heavy atom. The SMILES string of the molecule is CC(C)(C)c1ccc(C(C)(C)c2ccnc(-n3c4[c-]c(C(C)(C)c5[c-]c(N6[CH-]N(c7cc(C(C)(C)C)cc(C(C)(C)C)c7)c7ccccc76)ccc5)ccc4c4ccccc43)c2)cc1.[Pt]. The van der Waals surface area contributed by atoms with Crippen molar-refractivity contribution in [2.75, 3.05) is 9.80 Å².